The van der Waals surface area contributed by atoms with Crippen molar-refractivity contribution in [3.05, 3.63) is 0 Å². The summed E-state index contributed by atoms with van der Waals surface area (Å²) in [6.07, 6.45) is 7.69. The summed E-state index contributed by atoms with van der Waals surface area (Å²) in [6.45, 7) is 0.902. The Hall–Kier alpha value is 0.250. The van der Waals surface area contributed by atoms with Crippen LogP contribution in [0.5, 0.6) is 0 Å². The molecule has 0 aromatic carbocycles. The SMILES string of the molecule is COCCCCC1CCCC1Cl. The number of hydrogen-bond donors (Lipinski definition) is 0. The van der Waals surface area contributed by atoms with Crippen LogP contribution in [-0.2, 0) is 4.74 Å². The number of alkyl halides is 1. The fourth-order valence-corrected chi connectivity index (χ4v) is 2.38. The Morgan fingerprint density at radius 2 is 2.17 bits per heavy atom. The predicted octanol–water partition coefficient (Wildman–Crippen LogP) is 3.21. The van der Waals surface area contributed by atoms with Crippen LogP contribution >= 0.6 is 11.6 Å². The average molecular weight is 191 g/mol. The van der Waals surface area contributed by atoms with E-state index in [9.17, 15) is 0 Å². The van der Waals surface area contributed by atoms with Crippen LogP contribution in [0, 0.1) is 5.92 Å². The first-order valence-corrected chi connectivity index (χ1v) is 5.41. The molecule has 2 heteroatoms. The van der Waals surface area contributed by atoms with Crippen molar-refractivity contribution >= 4 is 11.6 Å². The monoisotopic (exact) mass is 190 g/mol. The van der Waals surface area contributed by atoms with Gasteiger partial charge in [-0.1, -0.05) is 12.8 Å². The van der Waals surface area contributed by atoms with E-state index in [2.05, 4.69) is 0 Å². The van der Waals surface area contributed by atoms with E-state index in [0.717, 1.165) is 12.5 Å². The van der Waals surface area contributed by atoms with Crippen molar-refractivity contribution in [3.63, 3.8) is 0 Å². The minimum Gasteiger partial charge on any atom is -0.385 e. The first-order chi connectivity index (χ1) is 5.84. The smallest absolute Gasteiger partial charge is 0.0462 e. The van der Waals surface area contributed by atoms with Crippen LogP contribution in [0.1, 0.15) is 38.5 Å². The molecular weight excluding hydrogens is 172 g/mol. The predicted molar refractivity (Wildman–Crippen MR) is 52.7 cm³/mol. The molecule has 1 aliphatic carbocycles. The van der Waals surface area contributed by atoms with Gasteiger partial charge in [0, 0.05) is 19.1 Å². The molecule has 2 atom stereocenters. The fraction of sp³-hybridized carbons (Fsp3) is 1.00. The molecule has 1 fully saturated rings. The first kappa shape index (κ1) is 10.3. The Balaban J connectivity index is 1.98. The quantitative estimate of drug-likeness (QED) is 0.478. The molecule has 0 radical (unpaired) electrons. The number of unbranched alkanes of at least 4 members (excludes halogenated alkanes) is 1. The van der Waals surface area contributed by atoms with E-state index in [4.69, 9.17) is 16.3 Å². The maximum absolute atomic E-state index is 6.16. The highest BCUT2D eigenvalue weighted by Crippen LogP contribution is 2.33. The van der Waals surface area contributed by atoms with E-state index in [1.54, 1.807) is 7.11 Å². The van der Waals surface area contributed by atoms with Gasteiger partial charge < -0.3 is 4.74 Å². The third-order valence-electron chi connectivity index (χ3n) is 2.74. The number of methoxy groups -OCH3 is 1. The molecule has 0 aliphatic heterocycles. The Morgan fingerprint density at radius 1 is 1.33 bits per heavy atom. The lowest BCUT2D eigenvalue weighted by Gasteiger charge is -2.12. The van der Waals surface area contributed by atoms with Crippen molar-refractivity contribution in [1.82, 2.24) is 0 Å². The summed E-state index contributed by atoms with van der Waals surface area (Å²) in [5, 5.41) is 0.465. The van der Waals surface area contributed by atoms with E-state index in [-0.39, 0.29) is 0 Å². The highest BCUT2D eigenvalue weighted by Gasteiger charge is 2.24. The van der Waals surface area contributed by atoms with Crippen LogP contribution < -0.4 is 0 Å². The molecule has 0 aromatic rings. The molecule has 1 rings (SSSR count). The third kappa shape index (κ3) is 3.32. The van der Waals surface area contributed by atoms with Gasteiger partial charge in [-0.2, -0.15) is 0 Å². The Kier molecular flexibility index (Phi) is 5.01. The number of hydrogen-bond acceptors (Lipinski definition) is 1. The van der Waals surface area contributed by atoms with Crippen molar-refractivity contribution < 1.29 is 4.74 Å². The van der Waals surface area contributed by atoms with Crippen molar-refractivity contribution in [2.24, 2.45) is 5.92 Å². The molecule has 0 N–H and O–H groups in total. The van der Waals surface area contributed by atoms with E-state index in [0.29, 0.717) is 5.38 Å². The molecule has 0 bridgehead atoms. The second-order valence-corrected chi connectivity index (χ2v) is 4.26. The van der Waals surface area contributed by atoms with Crippen LogP contribution in [0.3, 0.4) is 0 Å². The molecule has 72 valence electrons. The van der Waals surface area contributed by atoms with Crippen LogP contribution in [0.25, 0.3) is 0 Å². The lowest BCUT2D eigenvalue weighted by molar-refractivity contribution is 0.190. The molecule has 0 heterocycles. The molecule has 1 aliphatic rings. The first-order valence-electron chi connectivity index (χ1n) is 4.97. The van der Waals surface area contributed by atoms with Gasteiger partial charge in [-0.3, -0.25) is 0 Å². The zero-order chi connectivity index (χ0) is 8.81. The summed E-state index contributed by atoms with van der Waals surface area (Å²) in [6, 6.07) is 0. The van der Waals surface area contributed by atoms with E-state index in [1.807, 2.05) is 0 Å². The van der Waals surface area contributed by atoms with Gasteiger partial charge in [0.05, 0.1) is 0 Å². The molecule has 0 saturated heterocycles. The van der Waals surface area contributed by atoms with Crippen molar-refractivity contribution in [2.45, 2.75) is 43.9 Å². The second kappa shape index (κ2) is 5.82. The van der Waals surface area contributed by atoms with Crippen molar-refractivity contribution in [3.8, 4) is 0 Å². The molecule has 2 unspecified atom stereocenters. The average Bonchev–Trinajstić information content (AvgIpc) is 2.46. The van der Waals surface area contributed by atoms with E-state index in [1.165, 1.54) is 38.5 Å². The number of rotatable bonds is 5. The largest absolute Gasteiger partial charge is 0.385 e. The fourth-order valence-electron chi connectivity index (χ4n) is 1.97. The van der Waals surface area contributed by atoms with Crippen molar-refractivity contribution in [1.29, 1.82) is 0 Å². The Bertz CT molecular complexity index is 116. The summed E-state index contributed by atoms with van der Waals surface area (Å²) in [7, 11) is 1.76. The molecule has 0 amide bonds. The topological polar surface area (TPSA) is 9.23 Å². The lowest BCUT2D eigenvalue weighted by Crippen LogP contribution is -2.06. The highest BCUT2D eigenvalue weighted by atomic mass is 35.5. The Morgan fingerprint density at radius 3 is 2.75 bits per heavy atom. The van der Waals surface area contributed by atoms with Gasteiger partial charge in [-0.15, -0.1) is 11.6 Å². The van der Waals surface area contributed by atoms with Gasteiger partial charge in [0.2, 0.25) is 0 Å². The standard InChI is InChI=1S/C10H19ClO/c1-12-8-3-2-5-9-6-4-7-10(9)11/h9-10H,2-8H2,1H3. The summed E-state index contributed by atoms with van der Waals surface area (Å²) < 4.78 is 5.00. The molecule has 0 aromatic heterocycles. The number of ether oxygens (including phenoxy) is 1. The zero-order valence-electron chi connectivity index (χ0n) is 7.89. The molecule has 1 nitrogen and oxygen atoms in total. The second-order valence-electron chi connectivity index (χ2n) is 3.70. The summed E-state index contributed by atoms with van der Waals surface area (Å²) in [5.41, 5.74) is 0. The van der Waals surface area contributed by atoms with Gasteiger partial charge in [0.25, 0.3) is 0 Å². The lowest BCUT2D eigenvalue weighted by atomic mass is 10.0. The molecular formula is C10H19ClO. The molecule has 0 spiro atoms. The maximum atomic E-state index is 6.16. The third-order valence-corrected chi connectivity index (χ3v) is 3.31. The zero-order valence-corrected chi connectivity index (χ0v) is 8.65. The molecule has 12 heavy (non-hydrogen) atoms. The van der Waals surface area contributed by atoms with Gasteiger partial charge in [0.1, 0.15) is 0 Å². The highest BCUT2D eigenvalue weighted by molar-refractivity contribution is 6.20. The van der Waals surface area contributed by atoms with Crippen LogP contribution in [0.2, 0.25) is 0 Å². The van der Waals surface area contributed by atoms with Gasteiger partial charge >= 0.3 is 0 Å². The minimum absolute atomic E-state index is 0.465. The van der Waals surface area contributed by atoms with Crippen LogP contribution in [0.4, 0.5) is 0 Å². The van der Waals surface area contributed by atoms with Gasteiger partial charge in [-0.25, -0.2) is 0 Å². The number of halogens is 1. The Labute approximate surface area is 80.4 Å². The van der Waals surface area contributed by atoms with Gasteiger partial charge in [0.15, 0.2) is 0 Å². The van der Waals surface area contributed by atoms with E-state index >= 15 is 0 Å². The summed E-state index contributed by atoms with van der Waals surface area (Å²) >= 11 is 6.16. The van der Waals surface area contributed by atoms with Gasteiger partial charge in [-0.05, 0) is 31.6 Å². The summed E-state index contributed by atoms with van der Waals surface area (Å²) in [5.74, 6) is 0.795. The molecule has 1 saturated carbocycles. The summed E-state index contributed by atoms with van der Waals surface area (Å²) in [4.78, 5) is 0. The van der Waals surface area contributed by atoms with Crippen LogP contribution in [0.15, 0.2) is 0 Å². The van der Waals surface area contributed by atoms with Crippen molar-refractivity contribution in [2.75, 3.05) is 13.7 Å². The normalized spacial score (nSPS) is 29.5. The van der Waals surface area contributed by atoms with Crippen LogP contribution in [-0.4, -0.2) is 19.1 Å². The maximum Gasteiger partial charge on any atom is 0.0462 e. The minimum atomic E-state index is 0.465. The van der Waals surface area contributed by atoms with E-state index < -0.39 is 0 Å².